The summed E-state index contributed by atoms with van der Waals surface area (Å²) >= 11 is 5.58. The van der Waals surface area contributed by atoms with Crippen molar-refractivity contribution in [1.29, 1.82) is 0 Å². The molecule has 1 aromatic rings. The van der Waals surface area contributed by atoms with Crippen molar-refractivity contribution in [3.63, 3.8) is 0 Å². The average molecular weight is 220 g/mol. The lowest BCUT2D eigenvalue weighted by atomic mass is 10.3. The first-order chi connectivity index (χ1) is 6.54. The molecule has 0 amide bonds. The van der Waals surface area contributed by atoms with Crippen LogP contribution in [-0.2, 0) is 0 Å². The van der Waals surface area contributed by atoms with E-state index in [4.69, 9.17) is 17.3 Å². The molecule has 0 radical (unpaired) electrons. The molecule has 0 saturated heterocycles. The van der Waals surface area contributed by atoms with Crippen LogP contribution >= 0.6 is 11.6 Å². The fraction of sp³-hybridized carbons (Fsp3) is 0.125. The largest absolute Gasteiger partial charge is 0.370 e. The molecule has 76 valence electrons. The zero-order valence-electron chi connectivity index (χ0n) is 7.31. The smallest absolute Gasteiger partial charge is 0.192 e. The first kappa shape index (κ1) is 10.7. The summed E-state index contributed by atoms with van der Waals surface area (Å²) in [4.78, 5) is 3.55. The number of nitrogens with zero attached hydrogens (tertiary/aromatic N) is 1. The van der Waals surface area contributed by atoms with Crippen molar-refractivity contribution in [2.75, 3.05) is 12.4 Å². The first-order valence-corrected chi connectivity index (χ1v) is 4.06. The Bertz CT molecular complexity index is 356. The molecule has 0 aliphatic carbocycles. The highest BCUT2D eigenvalue weighted by Gasteiger charge is 2.10. The Hall–Kier alpha value is -1.36. The van der Waals surface area contributed by atoms with Gasteiger partial charge in [0, 0.05) is 13.1 Å². The molecule has 1 aromatic carbocycles. The van der Waals surface area contributed by atoms with Gasteiger partial charge >= 0.3 is 0 Å². The van der Waals surface area contributed by atoms with Gasteiger partial charge in [-0.2, -0.15) is 0 Å². The summed E-state index contributed by atoms with van der Waals surface area (Å²) in [5, 5.41) is 2.32. The third-order valence-corrected chi connectivity index (χ3v) is 1.80. The van der Waals surface area contributed by atoms with E-state index in [2.05, 4.69) is 10.3 Å². The second-order valence-electron chi connectivity index (χ2n) is 2.48. The van der Waals surface area contributed by atoms with Crippen LogP contribution in [0.4, 0.5) is 14.5 Å². The minimum absolute atomic E-state index is 0.00240. The van der Waals surface area contributed by atoms with Crippen molar-refractivity contribution in [3.05, 3.63) is 28.8 Å². The van der Waals surface area contributed by atoms with E-state index in [1.807, 2.05) is 0 Å². The summed E-state index contributed by atoms with van der Waals surface area (Å²) in [6.45, 7) is 0. The van der Waals surface area contributed by atoms with Crippen molar-refractivity contribution < 1.29 is 8.78 Å². The standard InChI is InChI=1S/C8H8ClF2N3/c1-13-8(12)14-7-5(9)2-4(10)3-6(7)11/h2-3H,1H3,(H3,12,13,14). The maximum atomic E-state index is 13.1. The van der Waals surface area contributed by atoms with Crippen LogP contribution in [0.5, 0.6) is 0 Å². The van der Waals surface area contributed by atoms with E-state index in [1.165, 1.54) is 7.05 Å². The number of guanidine groups is 1. The highest BCUT2D eigenvalue weighted by Crippen LogP contribution is 2.25. The molecule has 3 N–H and O–H groups in total. The normalized spacial score (nSPS) is 11.6. The number of anilines is 1. The average Bonchev–Trinajstić information content (AvgIpc) is 2.10. The highest BCUT2D eigenvalue weighted by molar-refractivity contribution is 6.33. The van der Waals surface area contributed by atoms with Gasteiger partial charge in [-0.25, -0.2) is 8.78 Å². The topological polar surface area (TPSA) is 50.4 Å². The highest BCUT2D eigenvalue weighted by atomic mass is 35.5. The van der Waals surface area contributed by atoms with E-state index in [0.717, 1.165) is 6.07 Å². The van der Waals surface area contributed by atoms with E-state index >= 15 is 0 Å². The van der Waals surface area contributed by atoms with E-state index < -0.39 is 11.6 Å². The summed E-state index contributed by atoms with van der Waals surface area (Å²) in [5.74, 6) is -1.57. The van der Waals surface area contributed by atoms with Crippen molar-refractivity contribution in [1.82, 2.24) is 0 Å². The van der Waals surface area contributed by atoms with Gasteiger partial charge in [-0.1, -0.05) is 11.6 Å². The Labute approximate surface area is 84.6 Å². The molecule has 0 aliphatic rings. The fourth-order valence-corrected chi connectivity index (χ4v) is 1.09. The quantitative estimate of drug-likeness (QED) is 0.561. The van der Waals surface area contributed by atoms with Crippen molar-refractivity contribution >= 4 is 23.2 Å². The molecule has 0 heterocycles. The molecule has 0 bridgehead atoms. The van der Waals surface area contributed by atoms with Gasteiger partial charge in [0.15, 0.2) is 11.8 Å². The van der Waals surface area contributed by atoms with Crippen LogP contribution in [0.2, 0.25) is 5.02 Å². The number of nitrogens with one attached hydrogen (secondary N) is 1. The Kier molecular flexibility index (Phi) is 3.24. The SMILES string of the molecule is CN=C(N)Nc1c(F)cc(F)cc1Cl. The van der Waals surface area contributed by atoms with Crippen molar-refractivity contribution in [3.8, 4) is 0 Å². The van der Waals surface area contributed by atoms with Crippen LogP contribution in [0.15, 0.2) is 17.1 Å². The molecule has 0 fully saturated rings. The van der Waals surface area contributed by atoms with Gasteiger partial charge in [-0.3, -0.25) is 4.99 Å². The van der Waals surface area contributed by atoms with Gasteiger partial charge in [0.25, 0.3) is 0 Å². The monoisotopic (exact) mass is 219 g/mol. The van der Waals surface area contributed by atoms with E-state index in [0.29, 0.717) is 6.07 Å². The number of aliphatic imine (C=N–C) groups is 1. The molecule has 0 aromatic heterocycles. The summed E-state index contributed by atoms with van der Waals surface area (Å²) in [7, 11) is 1.43. The van der Waals surface area contributed by atoms with Crippen LogP contribution in [0, 0.1) is 11.6 Å². The summed E-state index contributed by atoms with van der Waals surface area (Å²) in [6.07, 6.45) is 0. The van der Waals surface area contributed by atoms with E-state index in [9.17, 15) is 8.78 Å². The van der Waals surface area contributed by atoms with Gasteiger partial charge in [-0.05, 0) is 6.07 Å². The molecule has 1 rings (SSSR count). The van der Waals surface area contributed by atoms with E-state index in [1.54, 1.807) is 0 Å². The molecular formula is C8H8ClF2N3. The maximum absolute atomic E-state index is 13.1. The van der Waals surface area contributed by atoms with Gasteiger partial charge in [0.05, 0.1) is 10.7 Å². The Morgan fingerprint density at radius 1 is 1.50 bits per heavy atom. The zero-order valence-corrected chi connectivity index (χ0v) is 8.07. The second-order valence-corrected chi connectivity index (χ2v) is 2.89. The number of hydrogen-bond donors (Lipinski definition) is 2. The predicted octanol–water partition coefficient (Wildman–Crippen LogP) is 1.97. The molecule has 0 aliphatic heterocycles. The Morgan fingerprint density at radius 2 is 2.14 bits per heavy atom. The zero-order chi connectivity index (χ0) is 10.7. The molecule has 3 nitrogen and oxygen atoms in total. The number of rotatable bonds is 1. The minimum atomic E-state index is -0.818. The second kappa shape index (κ2) is 4.23. The Balaban J connectivity index is 3.09. The molecule has 0 saturated carbocycles. The third kappa shape index (κ3) is 2.32. The molecule has 14 heavy (non-hydrogen) atoms. The van der Waals surface area contributed by atoms with Gasteiger partial charge in [0.1, 0.15) is 5.82 Å². The fourth-order valence-electron chi connectivity index (χ4n) is 0.846. The molecule has 6 heteroatoms. The lowest BCUT2D eigenvalue weighted by molar-refractivity contribution is 0.586. The molecule has 0 unspecified atom stereocenters. The Morgan fingerprint density at radius 3 is 2.64 bits per heavy atom. The van der Waals surface area contributed by atoms with Gasteiger partial charge in [0.2, 0.25) is 0 Å². The predicted molar refractivity (Wildman–Crippen MR) is 52.5 cm³/mol. The molecule has 0 spiro atoms. The molecular weight excluding hydrogens is 212 g/mol. The molecule has 0 atom stereocenters. The van der Waals surface area contributed by atoms with Crippen molar-refractivity contribution in [2.45, 2.75) is 0 Å². The van der Waals surface area contributed by atoms with Crippen LogP contribution in [0.25, 0.3) is 0 Å². The van der Waals surface area contributed by atoms with Crippen LogP contribution < -0.4 is 11.1 Å². The van der Waals surface area contributed by atoms with Gasteiger partial charge in [-0.15, -0.1) is 0 Å². The maximum Gasteiger partial charge on any atom is 0.192 e. The summed E-state index contributed by atoms with van der Waals surface area (Å²) in [5.41, 5.74) is 5.21. The first-order valence-electron chi connectivity index (χ1n) is 3.68. The summed E-state index contributed by atoms with van der Waals surface area (Å²) in [6, 6.07) is 1.69. The minimum Gasteiger partial charge on any atom is -0.370 e. The van der Waals surface area contributed by atoms with Crippen LogP contribution in [0.3, 0.4) is 0 Å². The van der Waals surface area contributed by atoms with E-state index in [-0.39, 0.29) is 16.7 Å². The number of hydrogen-bond acceptors (Lipinski definition) is 1. The summed E-state index contributed by atoms with van der Waals surface area (Å²) < 4.78 is 25.7. The van der Waals surface area contributed by atoms with Gasteiger partial charge < -0.3 is 11.1 Å². The third-order valence-electron chi connectivity index (χ3n) is 1.50. The van der Waals surface area contributed by atoms with Crippen LogP contribution in [0.1, 0.15) is 0 Å². The number of halogens is 3. The lowest BCUT2D eigenvalue weighted by Crippen LogP contribution is -2.23. The van der Waals surface area contributed by atoms with Crippen LogP contribution in [-0.4, -0.2) is 13.0 Å². The van der Waals surface area contributed by atoms with Crippen molar-refractivity contribution in [2.24, 2.45) is 10.7 Å². The number of benzene rings is 1. The number of nitrogens with two attached hydrogens (primary N) is 1. The lowest BCUT2D eigenvalue weighted by Gasteiger charge is -2.07.